The number of fused-ring (bicyclic) bond motifs is 4. The third-order valence-electron chi connectivity index (χ3n) is 9.34. The quantitative estimate of drug-likeness (QED) is 0.299. The number of hydrogen-bond donors (Lipinski definition) is 4. The summed E-state index contributed by atoms with van der Waals surface area (Å²) in [5.74, 6) is 4.77. The third kappa shape index (κ3) is 5.30. The van der Waals surface area contributed by atoms with Gasteiger partial charge in [-0.05, 0) is 122 Å². The van der Waals surface area contributed by atoms with Crippen LogP contribution in [0.15, 0.2) is 36.4 Å². The van der Waals surface area contributed by atoms with Crippen molar-refractivity contribution in [2.75, 3.05) is 24.9 Å². The van der Waals surface area contributed by atoms with Crippen molar-refractivity contribution >= 4 is 46.0 Å². The van der Waals surface area contributed by atoms with Crippen LogP contribution in [0.1, 0.15) is 51.4 Å². The van der Waals surface area contributed by atoms with E-state index in [0.717, 1.165) is 57.7 Å². The van der Waals surface area contributed by atoms with Crippen LogP contribution >= 0.6 is 24.4 Å². The smallest absolute Gasteiger partial charge is 0.171 e. The van der Waals surface area contributed by atoms with Crippen molar-refractivity contribution in [1.29, 1.82) is 0 Å². The fraction of sp³-hybridized carbons (Fsp3) is 0.533. The first-order chi connectivity index (χ1) is 18.5. The Morgan fingerprint density at radius 3 is 1.45 bits per heavy atom. The van der Waals surface area contributed by atoms with Gasteiger partial charge in [-0.1, -0.05) is 25.0 Å². The second kappa shape index (κ2) is 10.9. The molecule has 4 bridgehead atoms. The molecule has 4 aliphatic carbocycles. The normalized spacial score (nSPS) is 28.7. The van der Waals surface area contributed by atoms with Gasteiger partial charge in [0.05, 0.1) is 25.6 Å². The highest BCUT2D eigenvalue weighted by Gasteiger charge is 2.40. The molecule has 202 valence electrons. The zero-order valence-electron chi connectivity index (χ0n) is 22.2. The molecule has 2 aromatic rings. The molecule has 0 unspecified atom stereocenters. The van der Waals surface area contributed by atoms with E-state index >= 15 is 0 Å². The van der Waals surface area contributed by atoms with E-state index < -0.39 is 0 Å². The second-order valence-corrected chi connectivity index (χ2v) is 12.4. The van der Waals surface area contributed by atoms with Crippen LogP contribution in [0.5, 0.6) is 11.5 Å². The highest BCUT2D eigenvalue weighted by Crippen LogP contribution is 2.45. The number of nitrogens with one attached hydrogen (secondary N) is 4. The zero-order valence-corrected chi connectivity index (χ0v) is 23.9. The van der Waals surface area contributed by atoms with E-state index in [4.69, 9.17) is 33.9 Å². The molecule has 0 radical (unpaired) electrons. The summed E-state index contributed by atoms with van der Waals surface area (Å²) < 4.78 is 11.5. The van der Waals surface area contributed by atoms with Crippen LogP contribution in [0, 0.1) is 23.7 Å². The Morgan fingerprint density at radius 2 is 1.11 bits per heavy atom. The first-order valence-corrected chi connectivity index (χ1v) is 14.8. The van der Waals surface area contributed by atoms with Crippen molar-refractivity contribution in [1.82, 2.24) is 10.6 Å². The summed E-state index contributed by atoms with van der Waals surface area (Å²) in [5, 5.41) is 15.1. The van der Waals surface area contributed by atoms with Gasteiger partial charge in [-0.2, -0.15) is 0 Å². The second-order valence-electron chi connectivity index (χ2n) is 11.6. The number of rotatable bonds is 7. The summed E-state index contributed by atoms with van der Waals surface area (Å²) in [6, 6.07) is 13.3. The van der Waals surface area contributed by atoms with Gasteiger partial charge in [0.1, 0.15) is 11.5 Å². The largest absolute Gasteiger partial charge is 0.495 e. The van der Waals surface area contributed by atoms with Gasteiger partial charge in [0.15, 0.2) is 10.2 Å². The Kier molecular flexibility index (Phi) is 7.36. The molecular weight excluding hydrogens is 512 g/mol. The summed E-state index contributed by atoms with van der Waals surface area (Å²) in [7, 11) is 3.38. The van der Waals surface area contributed by atoms with Gasteiger partial charge in [0.2, 0.25) is 0 Å². The van der Waals surface area contributed by atoms with Crippen LogP contribution in [-0.4, -0.2) is 36.5 Å². The summed E-state index contributed by atoms with van der Waals surface area (Å²) in [6.07, 6.45) is 10.6. The maximum absolute atomic E-state index is 5.73. The van der Waals surface area contributed by atoms with Gasteiger partial charge in [0.25, 0.3) is 0 Å². The highest BCUT2D eigenvalue weighted by atomic mass is 32.1. The number of methoxy groups -OCH3 is 2. The molecule has 8 heteroatoms. The van der Waals surface area contributed by atoms with Gasteiger partial charge in [0, 0.05) is 12.1 Å². The molecule has 6 atom stereocenters. The molecule has 6 rings (SSSR count). The van der Waals surface area contributed by atoms with Crippen molar-refractivity contribution in [3.63, 3.8) is 0 Å². The first kappa shape index (κ1) is 25.7. The number of anilines is 2. The van der Waals surface area contributed by atoms with Crippen LogP contribution < -0.4 is 30.7 Å². The van der Waals surface area contributed by atoms with Crippen LogP contribution in [-0.2, 0) is 0 Å². The molecule has 0 spiro atoms. The van der Waals surface area contributed by atoms with Crippen LogP contribution in [0.3, 0.4) is 0 Å². The summed E-state index contributed by atoms with van der Waals surface area (Å²) in [6.45, 7) is 0. The fourth-order valence-corrected chi connectivity index (χ4v) is 7.97. The lowest BCUT2D eigenvalue weighted by Crippen LogP contribution is -2.40. The minimum absolute atomic E-state index is 0.495. The monoisotopic (exact) mass is 550 g/mol. The van der Waals surface area contributed by atoms with Gasteiger partial charge >= 0.3 is 0 Å². The molecule has 0 aromatic heterocycles. The average molecular weight is 551 g/mol. The zero-order chi connectivity index (χ0) is 26.2. The van der Waals surface area contributed by atoms with Crippen LogP contribution in [0.25, 0.3) is 11.1 Å². The van der Waals surface area contributed by atoms with E-state index in [2.05, 4.69) is 33.4 Å². The standard InChI is InChI=1S/C30H38N4O2S2/c1-35-27-15-19(7-9-23(27)31-29(37)33-25-13-17-3-5-21(25)11-17)20-8-10-24(28(16-20)36-2)32-30(38)34-26-14-18-4-6-22(26)12-18/h7-10,15-18,21-22,25-26H,3-6,11-14H2,1-2H3,(H2,31,33,37)(H2,32,34,38)/t17-,18-,21-,22-,25-,26-/m1/s1. The number of hydrogen-bond acceptors (Lipinski definition) is 4. The lowest BCUT2D eigenvalue weighted by atomic mass is 9.95. The van der Waals surface area contributed by atoms with Gasteiger partial charge in [-0.3, -0.25) is 0 Å². The van der Waals surface area contributed by atoms with Crippen molar-refractivity contribution in [2.24, 2.45) is 23.7 Å². The summed E-state index contributed by atoms with van der Waals surface area (Å²) in [4.78, 5) is 0. The molecule has 4 N–H and O–H groups in total. The van der Waals surface area contributed by atoms with Crippen molar-refractivity contribution in [2.45, 2.75) is 63.5 Å². The molecule has 6 nitrogen and oxygen atoms in total. The molecule has 0 aliphatic heterocycles. The van der Waals surface area contributed by atoms with Gasteiger partial charge < -0.3 is 30.7 Å². The van der Waals surface area contributed by atoms with Gasteiger partial charge in [-0.15, -0.1) is 0 Å². The van der Waals surface area contributed by atoms with Crippen molar-refractivity contribution in [3.8, 4) is 22.6 Å². The maximum Gasteiger partial charge on any atom is 0.171 e. The fourth-order valence-electron chi connectivity index (χ4n) is 7.44. The van der Waals surface area contributed by atoms with E-state index in [1.54, 1.807) is 14.2 Å². The average Bonchev–Trinajstić information content (AvgIpc) is 3.72. The van der Waals surface area contributed by atoms with Crippen molar-refractivity contribution < 1.29 is 9.47 Å². The maximum atomic E-state index is 5.73. The Labute approximate surface area is 236 Å². The Morgan fingerprint density at radius 1 is 0.658 bits per heavy atom. The molecule has 0 amide bonds. The molecule has 4 aliphatic rings. The van der Waals surface area contributed by atoms with E-state index in [-0.39, 0.29) is 0 Å². The Balaban J connectivity index is 1.11. The molecule has 4 fully saturated rings. The molecule has 2 aromatic carbocycles. The minimum Gasteiger partial charge on any atom is -0.495 e. The third-order valence-corrected chi connectivity index (χ3v) is 9.78. The van der Waals surface area contributed by atoms with E-state index in [1.165, 1.54) is 51.4 Å². The lowest BCUT2D eigenvalue weighted by Gasteiger charge is -2.25. The van der Waals surface area contributed by atoms with Crippen LogP contribution in [0.4, 0.5) is 11.4 Å². The van der Waals surface area contributed by atoms with E-state index in [9.17, 15) is 0 Å². The molecule has 0 heterocycles. The number of benzene rings is 2. The Bertz CT molecular complexity index is 1130. The molecule has 4 saturated carbocycles. The summed E-state index contributed by atoms with van der Waals surface area (Å²) in [5.41, 5.74) is 3.79. The SMILES string of the molecule is COc1cc(-c2ccc(NC(=S)N[C@@H]3C[C@@H]4CC[C@@H]3C4)c(OC)c2)ccc1NC(=S)N[C@@H]1C[C@@H]2CC[C@@H]1C2. The predicted octanol–water partition coefficient (Wildman–Crippen LogP) is 6.32. The molecular formula is C30H38N4O2S2. The number of ether oxygens (including phenoxy) is 2. The van der Waals surface area contributed by atoms with Gasteiger partial charge in [-0.25, -0.2) is 0 Å². The number of thiocarbonyl (C=S) groups is 2. The molecule has 0 saturated heterocycles. The topological polar surface area (TPSA) is 66.6 Å². The Hall–Kier alpha value is -2.58. The van der Waals surface area contributed by atoms with E-state index in [1.807, 2.05) is 24.3 Å². The first-order valence-electron chi connectivity index (χ1n) is 14.0. The van der Waals surface area contributed by atoms with Crippen molar-refractivity contribution in [3.05, 3.63) is 36.4 Å². The lowest BCUT2D eigenvalue weighted by molar-refractivity contribution is 0.391. The van der Waals surface area contributed by atoms with Crippen LogP contribution in [0.2, 0.25) is 0 Å². The van der Waals surface area contributed by atoms with E-state index in [0.29, 0.717) is 22.3 Å². The molecule has 38 heavy (non-hydrogen) atoms. The summed E-state index contributed by atoms with van der Waals surface area (Å²) >= 11 is 11.3. The minimum atomic E-state index is 0.495. The predicted molar refractivity (Wildman–Crippen MR) is 162 cm³/mol. The highest BCUT2D eigenvalue weighted by molar-refractivity contribution is 7.80.